The Morgan fingerprint density at radius 2 is 1.93 bits per heavy atom. The van der Waals surface area contributed by atoms with Gasteiger partial charge >= 0.3 is 0 Å². The van der Waals surface area contributed by atoms with Crippen LogP contribution < -0.4 is 20.7 Å². The number of amides is 1. The van der Waals surface area contributed by atoms with E-state index >= 15 is 0 Å². The molecule has 1 atom stereocenters. The first-order valence-electron chi connectivity index (χ1n) is 9.49. The van der Waals surface area contributed by atoms with E-state index in [1.165, 1.54) is 18.1 Å². The molecule has 0 aliphatic heterocycles. The van der Waals surface area contributed by atoms with Crippen molar-refractivity contribution < 1.29 is 9.53 Å². The van der Waals surface area contributed by atoms with Gasteiger partial charge in [0.05, 0.1) is 6.54 Å². The number of hydrogen-bond donors (Lipinski definition) is 3. The largest absolute Gasteiger partial charge is 0.492 e. The number of carbonyl (C=O) groups excluding carboxylic acids is 1. The summed E-state index contributed by atoms with van der Waals surface area (Å²) < 4.78 is 5.73. The van der Waals surface area contributed by atoms with Crippen LogP contribution in [0.3, 0.4) is 0 Å². The van der Waals surface area contributed by atoms with E-state index in [1.54, 1.807) is 13.1 Å². The molecule has 6 heteroatoms. The fourth-order valence-corrected chi connectivity index (χ4v) is 2.77. The Bertz CT molecular complexity index is 805. The molecule has 150 valence electrons. The topological polar surface area (TPSA) is 74.8 Å². The third-order valence-electron chi connectivity index (χ3n) is 4.23. The average molecular weight is 383 g/mol. The number of guanidine groups is 1. The van der Waals surface area contributed by atoms with Crippen LogP contribution in [0.4, 0.5) is 5.69 Å². The molecule has 0 radical (unpaired) electrons. The van der Waals surface area contributed by atoms with Crippen molar-refractivity contribution >= 4 is 17.6 Å². The second-order valence-electron chi connectivity index (χ2n) is 6.75. The quantitative estimate of drug-likeness (QED) is 0.372. The zero-order valence-corrected chi connectivity index (χ0v) is 17.1. The molecule has 0 fully saturated rings. The number of hydrogen-bond acceptors (Lipinski definition) is 3. The molecule has 0 heterocycles. The zero-order valence-electron chi connectivity index (χ0n) is 17.1. The number of anilines is 1. The van der Waals surface area contributed by atoms with Crippen molar-refractivity contribution in [2.45, 2.75) is 26.7 Å². The van der Waals surface area contributed by atoms with Crippen LogP contribution in [0.25, 0.3) is 0 Å². The summed E-state index contributed by atoms with van der Waals surface area (Å²) in [6, 6.07) is 15.9. The first kappa shape index (κ1) is 21.3. The van der Waals surface area contributed by atoms with Crippen molar-refractivity contribution in [1.29, 1.82) is 0 Å². The van der Waals surface area contributed by atoms with Crippen molar-refractivity contribution in [2.75, 3.05) is 32.1 Å². The van der Waals surface area contributed by atoms with Gasteiger partial charge < -0.3 is 20.7 Å². The molecule has 2 aromatic carbocycles. The van der Waals surface area contributed by atoms with Gasteiger partial charge in [0.25, 0.3) is 0 Å². The molecule has 1 unspecified atom stereocenters. The van der Waals surface area contributed by atoms with Gasteiger partial charge in [-0.1, -0.05) is 42.8 Å². The van der Waals surface area contributed by atoms with Gasteiger partial charge in [0.1, 0.15) is 12.4 Å². The number of nitrogens with one attached hydrogen (secondary N) is 3. The summed E-state index contributed by atoms with van der Waals surface area (Å²) in [7, 11) is 1.75. The Kier molecular flexibility index (Phi) is 8.34. The first-order chi connectivity index (χ1) is 13.5. The van der Waals surface area contributed by atoms with Gasteiger partial charge in [0, 0.05) is 32.3 Å². The monoisotopic (exact) mass is 382 g/mol. The highest BCUT2D eigenvalue weighted by Gasteiger charge is 2.07. The van der Waals surface area contributed by atoms with E-state index in [-0.39, 0.29) is 5.91 Å². The van der Waals surface area contributed by atoms with E-state index in [0.29, 0.717) is 24.8 Å². The summed E-state index contributed by atoms with van der Waals surface area (Å²) >= 11 is 0. The summed E-state index contributed by atoms with van der Waals surface area (Å²) in [6.45, 7) is 7.68. The molecule has 0 aromatic heterocycles. The molecular formula is C22H30N4O2. The number of aryl methyl sites for hydroxylation is 1. The maximum absolute atomic E-state index is 11.1. The maximum atomic E-state index is 11.1. The first-order valence-corrected chi connectivity index (χ1v) is 9.49. The van der Waals surface area contributed by atoms with Crippen LogP contribution in [0, 0.1) is 6.92 Å². The van der Waals surface area contributed by atoms with Crippen molar-refractivity contribution in [3.63, 3.8) is 0 Å². The van der Waals surface area contributed by atoms with Crippen molar-refractivity contribution in [3.05, 3.63) is 59.7 Å². The SMILES string of the molecule is CN=C(NCCOc1cccc(NC(C)=O)c1)NCC(C)c1cccc(C)c1. The number of benzene rings is 2. The normalized spacial score (nSPS) is 12.2. The minimum absolute atomic E-state index is 0.103. The lowest BCUT2D eigenvalue weighted by molar-refractivity contribution is -0.114. The van der Waals surface area contributed by atoms with Crippen LogP contribution in [0.2, 0.25) is 0 Å². The van der Waals surface area contributed by atoms with Crippen LogP contribution in [0.5, 0.6) is 5.75 Å². The van der Waals surface area contributed by atoms with E-state index in [0.717, 1.165) is 18.2 Å². The lowest BCUT2D eigenvalue weighted by Crippen LogP contribution is -2.40. The molecule has 0 bridgehead atoms. The highest BCUT2D eigenvalue weighted by Crippen LogP contribution is 2.17. The van der Waals surface area contributed by atoms with E-state index in [4.69, 9.17) is 4.74 Å². The Labute approximate surface area is 167 Å². The summed E-state index contributed by atoms with van der Waals surface area (Å²) in [5.74, 6) is 1.74. The smallest absolute Gasteiger partial charge is 0.221 e. The molecule has 0 aliphatic carbocycles. The van der Waals surface area contributed by atoms with Crippen LogP contribution in [-0.4, -0.2) is 38.6 Å². The van der Waals surface area contributed by atoms with Gasteiger partial charge in [0.2, 0.25) is 5.91 Å². The maximum Gasteiger partial charge on any atom is 0.221 e. The summed E-state index contributed by atoms with van der Waals surface area (Å²) in [5.41, 5.74) is 3.30. The molecule has 28 heavy (non-hydrogen) atoms. The van der Waals surface area contributed by atoms with Crippen LogP contribution in [-0.2, 0) is 4.79 Å². The average Bonchev–Trinajstić information content (AvgIpc) is 2.67. The number of aliphatic imine (C=N–C) groups is 1. The Hall–Kier alpha value is -3.02. The van der Waals surface area contributed by atoms with Gasteiger partial charge in [0.15, 0.2) is 5.96 Å². The van der Waals surface area contributed by atoms with Crippen molar-refractivity contribution in [2.24, 2.45) is 4.99 Å². The van der Waals surface area contributed by atoms with Crippen molar-refractivity contribution in [1.82, 2.24) is 10.6 Å². The molecule has 6 nitrogen and oxygen atoms in total. The molecular weight excluding hydrogens is 352 g/mol. The highest BCUT2D eigenvalue weighted by atomic mass is 16.5. The standard InChI is InChI=1S/C22H30N4O2/c1-16-7-5-8-19(13-16)17(2)15-25-22(23-4)24-11-12-28-21-10-6-9-20(14-21)26-18(3)27/h5-10,13-14,17H,11-12,15H2,1-4H3,(H,26,27)(H2,23,24,25). The molecule has 1 amide bonds. The molecule has 2 rings (SSSR count). The third-order valence-corrected chi connectivity index (χ3v) is 4.23. The number of rotatable bonds is 8. The predicted molar refractivity (Wildman–Crippen MR) is 115 cm³/mol. The lowest BCUT2D eigenvalue weighted by Gasteiger charge is -2.17. The summed E-state index contributed by atoms with van der Waals surface area (Å²) in [5, 5.41) is 9.34. The number of carbonyl (C=O) groups is 1. The molecule has 0 spiro atoms. The lowest BCUT2D eigenvalue weighted by atomic mass is 9.99. The minimum atomic E-state index is -0.103. The van der Waals surface area contributed by atoms with Gasteiger partial charge in [-0.15, -0.1) is 0 Å². The fourth-order valence-electron chi connectivity index (χ4n) is 2.77. The van der Waals surface area contributed by atoms with Crippen molar-refractivity contribution in [3.8, 4) is 5.75 Å². The Morgan fingerprint density at radius 1 is 1.14 bits per heavy atom. The van der Waals surface area contributed by atoms with Gasteiger partial charge in [-0.25, -0.2) is 0 Å². The third kappa shape index (κ3) is 7.31. The number of ether oxygens (including phenoxy) is 1. The molecule has 0 saturated carbocycles. The zero-order chi connectivity index (χ0) is 20.4. The second-order valence-corrected chi connectivity index (χ2v) is 6.75. The van der Waals surface area contributed by atoms with Gasteiger partial charge in [-0.2, -0.15) is 0 Å². The second kappa shape index (κ2) is 11.0. The Morgan fingerprint density at radius 3 is 2.64 bits per heavy atom. The highest BCUT2D eigenvalue weighted by molar-refractivity contribution is 5.88. The van der Waals surface area contributed by atoms with E-state index < -0.39 is 0 Å². The minimum Gasteiger partial charge on any atom is -0.492 e. The van der Waals surface area contributed by atoms with E-state index in [9.17, 15) is 4.79 Å². The Balaban J connectivity index is 1.73. The van der Waals surface area contributed by atoms with E-state index in [2.05, 4.69) is 59.1 Å². The summed E-state index contributed by atoms with van der Waals surface area (Å²) in [6.07, 6.45) is 0. The fraction of sp³-hybridized carbons (Fsp3) is 0.364. The van der Waals surface area contributed by atoms with Crippen LogP contribution >= 0.6 is 0 Å². The molecule has 0 saturated heterocycles. The molecule has 2 aromatic rings. The predicted octanol–water partition coefficient (Wildman–Crippen LogP) is 3.30. The molecule has 0 aliphatic rings. The number of nitrogens with zero attached hydrogens (tertiary/aromatic N) is 1. The van der Waals surface area contributed by atoms with Gasteiger partial charge in [-0.3, -0.25) is 9.79 Å². The molecule has 3 N–H and O–H groups in total. The van der Waals surface area contributed by atoms with Gasteiger partial charge in [-0.05, 0) is 30.5 Å². The van der Waals surface area contributed by atoms with Crippen LogP contribution in [0.15, 0.2) is 53.5 Å². The van der Waals surface area contributed by atoms with Crippen LogP contribution in [0.1, 0.15) is 30.9 Å². The van der Waals surface area contributed by atoms with E-state index in [1.807, 2.05) is 18.2 Å². The summed E-state index contributed by atoms with van der Waals surface area (Å²) in [4.78, 5) is 15.4.